The highest BCUT2D eigenvalue weighted by Gasteiger charge is 2.11. The molecule has 0 saturated carbocycles. The molecule has 0 N–H and O–H groups in total. The summed E-state index contributed by atoms with van der Waals surface area (Å²) in [7, 11) is 0. The molecule has 136 valence electrons. The fraction of sp³-hybridized carbons (Fsp3) is 0.450. The van der Waals surface area contributed by atoms with Gasteiger partial charge in [0.2, 0.25) is 0 Å². The Morgan fingerprint density at radius 3 is 2.48 bits per heavy atom. The van der Waals surface area contributed by atoms with Gasteiger partial charge in [-0.1, -0.05) is 19.1 Å². The molecule has 5 heteroatoms. The molecule has 2 aromatic rings. The summed E-state index contributed by atoms with van der Waals surface area (Å²) in [6.07, 6.45) is 0.377. The average Bonchev–Trinajstić information content (AvgIpc) is 2.96. The second-order valence-electron chi connectivity index (χ2n) is 5.93. The molecular weight excluding hydrogens is 318 g/mol. The number of carbonyl (C=O) groups excluding carboxylic acids is 1. The highest BCUT2D eigenvalue weighted by Crippen LogP contribution is 2.15. The molecule has 25 heavy (non-hydrogen) atoms. The molecule has 1 atom stereocenters. The van der Waals surface area contributed by atoms with Crippen LogP contribution in [0.3, 0.4) is 0 Å². The van der Waals surface area contributed by atoms with E-state index >= 15 is 0 Å². The van der Waals surface area contributed by atoms with Gasteiger partial charge in [-0.2, -0.15) is 0 Å². The van der Waals surface area contributed by atoms with E-state index < -0.39 is 12.1 Å². The predicted molar refractivity (Wildman–Crippen MR) is 94.6 cm³/mol. The van der Waals surface area contributed by atoms with Crippen molar-refractivity contribution in [2.75, 3.05) is 13.2 Å². The molecule has 1 aromatic heterocycles. The number of aromatic nitrogens is 1. The topological polar surface area (TPSA) is 63.5 Å². The van der Waals surface area contributed by atoms with E-state index in [2.05, 4.69) is 30.5 Å². The molecule has 1 heterocycles. The molecule has 1 aromatic carbocycles. The maximum Gasteiger partial charge on any atom is 0.119 e. The Labute approximate surface area is 149 Å². The van der Waals surface area contributed by atoms with Crippen LogP contribution in [0, 0.1) is 6.92 Å². The van der Waals surface area contributed by atoms with E-state index in [1.165, 1.54) is 11.4 Å². The fourth-order valence-electron chi connectivity index (χ4n) is 2.85. The van der Waals surface area contributed by atoms with E-state index in [1.54, 1.807) is 6.92 Å². The first-order chi connectivity index (χ1) is 12.0. The van der Waals surface area contributed by atoms with Crippen LogP contribution in [0.5, 0.6) is 5.75 Å². The number of aryl methyl sites for hydroxylation is 2. The van der Waals surface area contributed by atoms with Crippen molar-refractivity contribution in [3.63, 3.8) is 0 Å². The molecule has 0 spiro atoms. The van der Waals surface area contributed by atoms with Crippen molar-refractivity contribution >= 4 is 5.97 Å². The summed E-state index contributed by atoms with van der Waals surface area (Å²) in [6.45, 7) is 7.75. The Hall–Kier alpha value is -2.27. The molecule has 0 aliphatic heterocycles. The number of benzene rings is 1. The maximum atomic E-state index is 11.0. The van der Waals surface area contributed by atoms with Crippen LogP contribution < -0.4 is 9.84 Å². The lowest BCUT2D eigenvalue weighted by Crippen LogP contribution is -2.39. The monoisotopic (exact) mass is 344 g/mol. The van der Waals surface area contributed by atoms with Gasteiger partial charge in [-0.05, 0) is 50.1 Å². The van der Waals surface area contributed by atoms with Crippen LogP contribution in [0.2, 0.25) is 0 Å². The lowest BCUT2D eigenvalue weighted by molar-refractivity contribution is -0.316. The molecule has 1 unspecified atom stereocenters. The number of carboxylic acid groups (broad SMARTS) is 1. The first-order valence-corrected chi connectivity index (χ1v) is 8.74. The van der Waals surface area contributed by atoms with Crippen molar-refractivity contribution in [1.29, 1.82) is 0 Å². The Balaban J connectivity index is 1.88. The second-order valence-corrected chi connectivity index (χ2v) is 5.93. The Bertz CT molecular complexity index is 676. The standard InChI is InChI=1S/C20H27NO4/c1-4-17-9-6-15(3)21(17)12-13-25-18-10-7-16(8-11-18)14-19(20(22)23)24-5-2/h6-11,19H,4-5,12-14H2,1-3H3,(H,22,23)/p-1. The van der Waals surface area contributed by atoms with E-state index in [1.807, 2.05) is 24.3 Å². The lowest BCUT2D eigenvalue weighted by Gasteiger charge is -2.18. The van der Waals surface area contributed by atoms with Gasteiger partial charge in [-0.15, -0.1) is 0 Å². The number of hydrogen-bond acceptors (Lipinski definition) is 4. The molecule has 0 amide bonds. The van der Waals surface area contributed by atoms with Gasteiger partial charge in [-0.3, -0.25) is 0 Å². The van der Waals surface area contributed by atoms with E-state index in [-0.39, 0.29) is 0 Å². The van der Waals surface area contributed by atoms with Crippen LogP contribution in [0.1, 0.15) is 30.8 Å². The van der Waals surface area contributed by atoms with Crippen molar-refractivity contribution in [2.24, 2.45) is 0 Å². The second kappa shape index (κ2) is 9.28. The van der Waals surface area contributed by atoms with Crippen molar-refractivity contribution in [1.82, 2.24) is 4.57 Å². The Kier molecular flexibility index (Phi) is 7.07. The van der Waals surface area contributed by atoms with Crippen LogP contribution in [-0.2, 0) is 28.9 Å². The van der Waals surface area contributed by atoms with Crippen LogP contribution in [0.4, 0.5) is 0 Å². The van der Waals surface area contributed by atoms with Crippen LogP contribution >= 0.6 is 0 Å². The summed E-state index contributed by atoms with van der Waals surface area (Å²) in [6, 6.07) is 11.7. The predicted octanol–water partition coefficient (Wildman–Crippen LogP) is 2.14. The molecule has 0 fully saturated rings. The smallest absolute Gasteiger partial charge is 0.119 e. The number of nitrogens with zero attached hydrogens (tertiary/aromatic N) is 1. The van der Waals surface area contributed by atoms with E-state index in [0.717, 1.165) is 24.3 Å². The zero-order chi connectivity index (χ0) is 18.2. The lowest BCUT2D eigenvalue weighted by atomic mass is 10.1. The molecule has 0 aliphatic rings. The van der Waals surface area contributed by atoms with Gasteiger partial charge >= 0.3 is 0 Å². The molecule has 5 nitrogen and oxygen atoms in total. The molecule has 0 bridgehead atoms. The zero-order valence-electron chi connectivity index (χ0n) is 15.2. The normalized spacial score (nSPS) is 12.1. The minimum atomic E-state index is -1.18. The Morgan fingerprint density at radius 2 is 1.88 bits per heavy atom. The van der Waals surface area contributed by atoms with Gasteiger partial charge < -0.3 is 23.9 Å². The number of ether oxygens (including phenoxy) is 2. The third-order valence-electron chi connectivity index (χ3n) is 4.21. The average molecular weight is 344 g/mol. The van der Waals surface area contributed by atoms with E-state index in [0.29, 0.717) is 19.6 Å². The summed E-state index contributed by atoms with van der Waals surface area (Å²) in [4.78, 5) is 11.0. The molecule has 2 rings (SSSR count). The van der Waals surface area contributed by atoms with Gasteiger partial charge in [-0.25, -0.2) is 0 Å². The number of rotatable bonds is 10. The number of hydrogen-bond donors (Lipinski definition) is 0. The zero-order valence-corrected chi connectivity index (χ0v) is 15.2. The van der Waals surface area contributed by atoms with Crippen LogP contribution in [0.15, 0.2) is 36.4 Å². The van der Waals surface area contributed by atoms with E-state index in [9.17, 15) is 9.90 Å². The van der Waals surface area contributed by atoms with Crippen molar-refractivity contribution in [3.05, 3.63) is 53.3 Å². The quantitative estimate of drug-likeness (QED) is 0.662. The summed E-state index contributed by atoms with van der Waals surface area (Å²) >= 11 is 0. The number of aliphatic carboxylic acids is 1. The van der Waals surface area contributed by atoms with Gasteiger partial charge in [0.05, 0.1) is 12.5 Å². The van der Waals surface area contributed by atoms with Crippen LogP contribution in [-0.4, -0.2) is 29.9 Å². The summed E-state index contributed by atoms with van der Waals surface area (Å²) in [5.41, 5.74) is 3.42. The molecule has 0 radical (unpaired) electrons. The van der Waals surface area contributed by atoms with Gasteiger partial charge in [0.1, 0.15) is 18.5 Å². The third kappa shape index (κ3) is 5.36. The fourth-order valence-corrected chi connectivity index (χ4v) is 2.85. The minimum absolute atomic E-state index is 0.291. The molecule has 0 aliphatic carbocycles. The van der Waals surface area contributed by atoms with Crippen molar-refractivity contribution < 1.29 is 19.4 Å². The first kappa shape index (κ1) is 19.1. The maximum absolute atomic E-state index is 11.0. The number of carbonyl (C=O) groups is 1. The highest BCUT2D eigenvalue weighted by molar-refractivity contribution is 5.70. The SMILES string of the molecule is CCOC(Cc1ccc(OCCn2c(C)ccc2CC)cc1)C(=O)[O-]. The van der Waals surface area contributed by atoms with Crippen molar-refractivity contribution in [3.8, 4) is 5.75 Å². The highest BCUT2D eigenvalue weighted by atomic mass is 16.5. The third-order valence-corrected chi connectivity index (χ3v) is 4.21. The Morgan fingerprint density at radius 1 is 1.16 bits per heavy atom. The van der Waals surface area contributed by atoms with Gasteiger partial charge in [0.15, 0.2) is 0 Å². The first-order valence-electron chi connectivity index (χ1n) is 8.74. The van der Waals surface area contributed by atoms with Crippen molar-refractivity contribution in [2.45, 2.75) is 46.3 Å². The van der Waals surface area contributed by atoms with E-state index in [4.69, 9.17) is 9.47 Å². The van der Waals surface area contributed by atoms with Gasteiger partial charge in [0.25, 0.3) is 0 Å². The van der Waals surface area contributed by atoms with Gasteiger partial charge in [0, 0.05) is 24.4 Å². The summed E-state index contributed by atoms with van der Waals surface area (Å²) < 4.78 is 13.3. The molecule has 0 saturated heterocycles. The van der Waals surface area contributed by atoms with Crippen LogP contribution in [0.25, 0.3) is 0 Å². The summed E-state index contributed by atoms with van der Waals surface area (Å²) in [5, 5.41) is 11.0. The molecular formula is C20H26NO4-. The number of carboxylic acids is 1. The summed E-state index contributed by atoms with van der Waals surface area (Å²) in [5.74, 6) is -0.413. The minimum Gasteiger partial charge on any atom is -0.547 e. The largest absolute Gasteiger partial charge is 0.547 e.